The summed E-state index contributed by atoms with van der Waals surface area (Å²) in [6.07, 6.45) is 1.35. The summed E-state index contributed by atoms with van der Waals surface area (Å²) in [5.41, 5.74) is 5.36. The Balaban J connectivity index is 2.51. The smallest absolute Gasteiger partial charge is 0.152 e. The highest BCUT2D eigenvalue weighted by Crippen LogP contribution is 1.93. The largest absolute Gasteiger partial charge is 0.396 e. The van der Waals surface area contributed by atoms with Gasteiger partial charge in [-0.05, 0) is 23.4 Å². The highest BCUT2D eigenvalue weighted by Gasteiger charge is 2.02. The molecule has 0 saturated carbocycles. The molecular formula is C6H13N5O. The Morgan fingerprint density at radius 1 is 1.50 bits per heavy atom. The molecule has 0 saturated heterocycles. The minimum Gasteiger partial charge on any atom is -0.396 e. The van der Waals surface area contributed by atoms with E-state index in [1.807, 2.05) is 0 Å². The molecule has 6 heteroatoms. The average molecular weight is 171 g/mol. The van der Waals surface area contributed by atoms with Crippen molar-refractivity contribution in [2.45, 2.75) is 19.4 Å². The first-order valence-corrected chi connectivity index (χ1v) is 3.94. The molecule has 12 heavy (non-hydrogen) atoms. The molecule has 0 radical (unpaired) electrons. The van der Waals surface area contributed by atoms with Crippen molar-refractivity contribution < 1.29 is 5.11 Å². The summed E-state index contributed by atoms with van der Waals surface area (Å²) in [5, 5.41) is 19.7. The van der Waals surface area contributed by atoms with Gasteiger partial charge in [-0.2, -0.15) is 0 Å². The maximum atomic E-state index is 8.58. The predicted molar refractivity (Wildman–Crippen MR) is 42.3 cm³/mol. The number of aryl methyl sites for hydroxylation is 1. The molecule has 1 heterocycles. The number of hydrogen-bond donors (Lipinski definition) is 2. The second-order valence-electron chi connectivity index (χ2n) is 2.43. The minimum atomic E-state index is 0.155. The van der Waals surface area contributed by atoms with E-state index in [4.69, 9.17) is 10.8 Å². The van der Waals surface area contributed by atoms with Crippen LogP contribution in [-0.4, -0.2) is 38.5 Å². The fraction of sp³-hybridized carbons (Fsp3) is 0.833. The predicted octanol–water partition coefficient (Wildman–Crippen LogP) is -1.44. The molecule has 0 fully saturated rings. The number of hydrogen-bond acceptors (Lipinski definition) is 5. The lowest BCUT2D eigenvalue weighted by molar-refractivity contribution is 0.275. The average Bonchev–Trinajstić information content (AvgIpc) is 2.50. The van der Waals surface area contributed by atoms with Crippen LogP contribution in [0.3, 0.4) is 0 Å². The highest BCUT2D eigenvalue weighted by molar-refractivity contribution is 4.80. The Bertz CT molecular complexity index is 223. The van der Waals surface area contributed by atoms with E-state index in [2.05, 4.69) is 15.5 Å². The Morgan fingerprint density at radius 2 is 2.33 bits per heavy atom. The van der Waals surface area contributed by atoms with Gasteiger partial charge in [0.15, 0.2) is 5.82 Å². The number of rotatable bonds is 5. The monoisotopic (exact) mass is 171 g/mol. The van der Waals surface area contributed by atoms with Crippen LogP contribution in [0.15, 0.2) is 0 Å². The molecule has 3 N–H and O–H groups in total. The van der Waals surface area contributed by atoms with E-state index in [0.29, 0.717) is 25.9 Å². The third-order valence-corrected chi connectivity index (χ3v) is 1.50. The van der Waals surface area contributed by atoms with Crippen LogP contribution >= 0.6 is 0 Å². The van der Waals surface area contributed by atoms with Gasteiger partial charge in [0.2, 0.25) is 0 Å². The first kappa shape index (κ1) is 9.08. The van der Waals surface area contributed by atoms with Gasteiger partial charge >= 0.3 is 0 Å². The van der Waals surface area contributed by atoms with Crippen LogP contribution in [0.2, 0.25) is 0 Å². The van der Waals surface area contributed by atoms with Gasteiger partial charge in [-0.1, -0.05) is 0 Å². The number of tetrazole rings is 1. The second kappa shape index (κ2) is 4.78. The summed E-state index contributed by atoms with van der Waals surface area (Å²) in [7, 11) is 0. The van der Waals surface area contributed by atoms with Gasteiger partial charge in [-0.15, -0.1) is 5.10 Å². The standard InChI is InChI=1S/C6H13N5O/c7-3-2-6-8-9-10-11(6)4-1-5-12/h12H,1-5,7H2. The van der Waals surface area contributed by atoms with E-state index >= 15 is 0 Å². The second-order valence-corrected chi connectivity index (χ2v) is 2.43. The molecule has 0 aromatic carbocycles. The number of aliphatic hydroxyl groups excluding tert-OH is 1. The molecule has 0 bridgehead atoms. The van der Waals surface area contributed by atoms with Crippen molar-refractivity contribution in [1.29, 1.82) is 0 Å². The molecule has 68 valence electrons. The Labute approximate surface area is 70.4 Å². The molecule has 0 aliphatic heterocycles. The van der Waals surface area contributed by atoms with Crippen LogP contribution in [0.1, 0.15) is 12.2 Å². The van der Waals surface area contributed by atoms with Crippen molar-refractivity contribution >= 4 is 0 Å². The molecular weight excluding hydrogens is 158 g/mol. The normalized spacial score (nSPS) is 10.5. The van der Waals surface area contributed by atoms with Crippen molar-refractivity contribution in [1.82, 2.24) is 20.2 Å². The van der Waals surface area contributed by atoms with E-state index in [1.165, 1.54) is 0 Å². The molecule has 0 atom stereocenters. The molecule has 1 aromatic heterocycles. The fourth-order valence-corrected chi connectivity index (χ4v) is 0.926. The van der Waals surface area contributed by atoms with Crippen molar-refractivity contribution in [3.8, 4) is 0 Å². The van der Waals surface area contributed by atoms with Crippen LogP contribution in [-0.2, 0) is 13.0 Å². The van der Waals surface area contributed by atoms with Crippen LogP contribution in [0.4, 0.5) is 0 Å². The SMILES string of the molecule is NCCc1nnnn1CCCO. The maximum absolute atomic E-state index is 8.58. The van der Waals surface area contributed by atoms with Gasteiger partial charge in [-0.3, -0.25) is 0 Å². The lowest BCUT2D eigenvalue weighted by Crippen LogP contribution is -2.11. The number of aliphatic hydroxyl groups is 1. The Morgan fingerprint density at radius 3 is 3.00 bits per heavy atom. The van der Waals surface area contributed by atoms with Gasteiger partial charge in [0, 0.05) is 19.6 Å². The quantitative estimate of drug-likeness (QED) is 0.566. The van der Waals surface area contributed by atoms with E-state index in [9.17, 15) is 0 Å². The number of aromatic nitrogens is 4. The summed E-state index contributed by atoms with van der Waals surface area (Å²) >= 11 is 0. The summed E-state index contributed by atoms with van der Waals surface area (Å²) in [6, 6.07) is 0. The first-order chi connectivity index (χ1) is 5.88. The van der Waals surface area contributed by atoms with Gasteiger partial charge in [0.05, 0.1) is 0 Å². The summed E-state index contributed by atoms with van der Waals surface area (Å²) in [5.74, 6) is 0.783. The lowest BCUT2D eigenvalue weighted by atomic mass is 10.4. The van der Waals surface area contributed by atoms with Crippen LogP contribution < -0.4 is 5.73 Å². The summed E-state index contributed by atoms with van der Waals surface area (Å²) in [6.45, 7) is 1.35. The summed E-state index contributed by atoms with van der Waals surface area (Å²) in [4.78, 5) is 0. The Kier molecular flexibility index (Phi) is 3.62. The Hall–Kier alpha value is -1.01. The van der Waals surface area contributed by atoms with Gasteiger partial charge in [0.1, 0.15) is 0 Å². The zero-order chi connectivity index (χ0) is 8.81. The molecule has 1 aromatic rings. The molecule has 1 rings (SSSR count). The van der Waals surface area contributed by atoms with Crippen LogP contribution in [0, 0.1) is 0 Å². The van der Waals surface area contributed by atoms with E-state index < -0.39 is 0 Å². The van der Waals surface area contributed by atoms with Crippen molar-refractivity contribution in [3.63, 3.8) is 0 Å². The van der Waals surface area contributed by atoms with Crippen LogP contribution in [0.25, 0.3) is 0 Å². The van der Waals surface area contributed by atoms with E-state index in [-0.39, 0.29) is 6.61 Å². The number of nitrogens with two attached hydrogens (primary N) is 1. The fourth-order valence-electron chi connectivity index (χ4n) is 0.926. The zero-order valence-electron chi connectivity index (χ0n) is 6.85. The minimum absolute atomic E-state index is 0.155. The highest BCUT2D eigenvalue weighted by atomic mass is 16.3. The third-order valence-electron chi connectivity index (χ3n) is 1.50. The van der Waals surface area contributed by atoms with Crippen LogP contribution in [0.5, 0.6) is 0 Å². The third kappa shape index (κ3) is 2.24. The van der Waals surface area contributed by atoms with Gasteiger partial charge < -0.3 is 10.8 Å². The molecule has 0 amide bonds. The zero-order valence-corrected chi connectivity index (χ0v) is 6.85. The topological polar surface area (TPSA) is 89.9 Å². The van der Waals surface area contributed by atoms with Crippen molar-refractivity contribution in [2.75, 3.05) is 13.2 Å². The van der Waals surface area contributed by atoms with Gasteiger partial charge in [-0.25, -0.2) is 4.68 Å². The van der Waals surface area contributed by atoms with Crippen molar-refractivity contribution in [2.24, 2.45) is 5.73 Å². The molecule has 0 aliphatic rings. The molecule has 6 nitrogen and oxygen atoms in total. The lowest BCUT2D eigenvalue weighted by Gasteiger charge is -2.00. The van der Waals surface area contributed by atoms with E-state index in [0.717, 1.165) is 5.82 Å². The number of nitrogens with zero attached hydrogens (tertiary/aromatic N) is 4. The maximum Gasteiger partial charge on any atom is 0.152 e. The van der Waals surface area contributed by atoms with Gasteiger partial charge in [0.25, 0.3) is 0 Å². The first-order valence-electron chi connectivity index (χ1n) is 3.94. The molecule has 0 unspecified atom stereocenters. The summed E-state index contributed by atoms with van der Waals surface area (Å²) < 4.78 is 1.67. The molecule has 0 spiro atoms. The van der Waals surface area contributed by atoms with E-state index in [1.54, 1.807) is 4.68 Å². The molecule has 0 aliphatic carbocycles. The van der Waals surface area contributed by atoms with Crippen molar-refractivity contribution in [3.05, 3.63) is 5.82 Å².